The van der Waals surface area contributed by atoms with Gasteiger partial charge in [0.1, 0.15) is 0 Å². The number of rotatable bonds is 2. The minimum Gasteiger partial charge on any atom is -0.368 e. The van der Waals surface area contributed by atoms with Crippen LogP contribution in [0, 0.1) is 13.8 Å². The number of thiazole rings is 1. The Hall–Kier alpha value is -1.59. The van der Waals surface area contributed by atoms with Crippen LogP contribution in [0.3, 0.4) is 0 Å². The molecular weight excluding hydrogens is 382 g/mol. The Bertz CT molecular complexity index is 881. The van der Waals surface area contributed by atoms with Gasteiger partial charge in [0.2, 0.25) is 0 Å². The van der Waals surface area contributed by atoms with E-state index in [0.717, 1.165) is 41.3 Å². The van der Waals surface area contributed by atoms with Crippen LogP contribution in [0.1, 0.15) is 11.1 Å². The lowest BCUT2D eigenvalue weighted by atomic mass is 10.1. The highest BCUT2D eigenvalue weighted by Gasteiger charge is 2.21. The second kappa shape index (κ2) is 6.37. The minimum atomic E-state index is 1.02. The summed E-state index contributed by atoms with van der Waals surface area (Å²) >= 11 is 5.33. The average Bonchev–Trinajstić information content (AvgIpc) is 3.00. The fourth-order valence-electron chi connectivity index (χ4n) is 3.22. The predicted octanol–water partition coefficient (Wildman–Crippen LogP) is 5.00. The standard InChI is InChI=1S/C19H20BrN3S/c1-13-3-4-14(2)17(11-13)22-7-9-23(10-8-22)19-21-16-6-5-15(20)12-18(16)24-19/h3-6,11-12H,7-10H2,1-2H3. The Labute approximate surface area is 155 Å². The van der Waals surface area contributed by atoms with E-state index in [0.29, 0.717) is 0 Å². The van der Waals surface area contributed by atoms with Crippen LogP contribution in [0.5, 0.6) is 0 Å². The zero-order chi connectivity index (χ0) is 16.7. The smallest absolute Gasteiger partial charge is 0.186 e. The van der Waals surface area contributed by atoms with Gasteiger partial charge in [-0.2, -0.15) is 0 Å². The van der Waals surface area contributed by atoms with Gasteiger partial charge in [-0.1, -0.05) is 39.4 Å². The number of piperazine rings is 1. The molecule has 5 heteroatoms. The van der Waals surface area contributed by atoms with Gasteiger partial charge in [-0.15, -0.1) is 0 Å². The number of benzene rings is 2. The van der Waals surface area contributed by atoms with E-state index in [-0.39, 0.29) is 0 Å². The van der Waals surface area contributed by atoms with Crippen molar-refractivity contribution in [2.75, 3.05) is 36.0 Å². The zero-order valence-corrected chi connectivity index (χ0v) is 16.3. The molecule has 1 saturated heterocycles. The fourth-order valence-corrected chi connectivity index (χ4v) is 4.79. The zero-order valence-electron chi connectivity index (χ0n) is 13.9. The topological polar surface area (TPSA) is 19.4 Å². The molecule has 4 rings (SSSR count). The molecule has 1 aliphatic rings. The van der Waals surface area contributed by atoms with Crippen LogP contribution in [0.2, 0.25) is 0 Å². The maximum absolute atomic E-state index is 4.81. The molecule has 0 radical (unpaired) electrons. The third-order valence-corrected chi connectivity index (χ3v) is 6.17. The second-order valence-corrected chi connectivity index (χ2v) is 8.30. The first-order chi connectivity index (χ1) is 11.6. The largest absolute Gasteiger partial charge is 0.368 e. The summed E-state index contributed by atoms with van der Waals surface area (Å²) in [6.07, 6.45) is 0. The third-order valence-electron chi connectivity index (χ3n) is 4.59. The molecule has 1 fully saturated rings. The Morgan fingerprint density at radius 2 is 1.71 bits per heavy atom. The van der Waals surface area contributed by atoms with Gasteiger partial charge >= 0.3 is 0 Å². The van der Waals surface area contributed by atoms with Gasteiger partial charge in [0.25, 0.3) is 0 Å². The molecule has 0 spiro atoms. The highest BCUT2D eigenvalue weighted by molar-refractivity contribution is 9.10. The maximum atomic E-state index is 4.81. The number of hydrogen-bond donors (Lipinski definition) is 0. The molecule has 0 amide bonds. The van der Waals surface area contributed by atoms with E-state index < -0.39 is 0 Å². The Balaban J connectivity index is 1.51. The van der Waals surface area contributed by atoms with Gasteiger partial charge in [-0.05, 0) is 49.2 Å². The van der Waals surface area contributed by atoms with E-state index in [1.165, 1.54) is 21.5 Å². The fraction of sp³-hybridized carbons (Fsp3) is 0.316. The number of anilines is 2. The molecule has 2 aromatic carbocycles. The summed E-state index contributed by atoms with van der Waals surface area (Å²) in [6.45, 7) is 8.50. The molecule has 3 nitrogen and oxygen atoms in total. The summed E-state index contributed by atoms with van der Waals surface area (Å²) in [5.41, 5.74) is 5.16. The van der Waals surface area contributed by atoms with E-state index in [2.05, 4.69) is 76.0 Å². The van der Waals surface area contributed by atoms with E-state index >= 15 is 0 Å². The SMILES string of the molecule is Cc1ccc(C)c(N2CCN(c3nc4ccc(Br)cc4s3)CC2)c1. The third kappa shape index (κ3) is 3.03. The van der Waals surface area contributed by atoms with Crippen molar-refractivity contribution in [3.8, 4) is 0 Å². The monoisotopic (exact) mass is 401 g/mol. The van der Waals surface area contributed by atoms with Crippen LogP contribution in [-0.2, 0) is 0 Å². The van der Waals surface area contributed by atoms with E-state index in [4.69, 9.17) is 4.98 Å². The number of aromatic nitrogens is 1. The number of fused-ring (bicyclic) bond motifs is 1. The quantitative estimate of drug-likeness (QED) is 0.601. The molecule has 0 unspecified atom stereocenters. The summed E-state index contributed by atoms with van der Waals surface area (Å²) < 4.78 is 2.36. The lowest BCUT2D eigenvalue weighted by Gasteiger charge is -2.36. The van der Waals surface area contributed by atoms with Crippen LogP contribution in [0.25, 0.3) is 10.2 Å². The molecule has 2 heterocycles. The first-order valence-electron chi connectivity index (χ1n) is 8.23. The van der Waals surface area contributed by atoms with Crippen molar-refractivity contribution in [3.63, 3.8) is 0 Å². The highest BCUT2D eigenvalue weighted by atomic mass is 79.9. The number of halogens is 1. The van der Waals surface area contributed by atoms with Gasteiger partial charge in [0, 0.05) is 36.3 Å². The maximum Gasteiger partial charge on any atom is 0.186 e. The van der Waals surface area contributed by atoms with E-state index in [1.807, 2.05) is 0 Å². The van der Waals surface area contributed by atoms with Crippen molar-refractivity contribution < 1.29 is 0 Å². The van der Waals surface area contributed by atoms with Crippen molar-refractivity contribution >= 4 is 48.3 Å². The van der Waals surface area contributed by atoms with Crippen molar-refractivity contribution in [2.45, 2.75) is 13.8 Å². The van der Waals surface area contributed by atoms with Gasteiger partial charge in [-0.3, -0.25) is 0 Å². The molecule has 124 valence electrons. The molecule has 0 aliphatic carbocycles. The van der Waals surface area contributed by atoms with Crippen LogP contribution in [-0.4, -0.2) is 31.2 Å². The lowest BCUT2D eigenvalue weighted by molar-refractivity contribution is 0.651. The van der Waals surface area contributed by atoms with Crippen molar-refractivity contribution in [2.24, 2.45) is 0 Å². The highest BCUT2D eigenvalue weighted by Crippen LogP contribution is 2.32. The normalized spacial score (nSPS) is 15.3. The van der Waals surface area contributed by atoms with E-state index in [9.17, 15) is 0 Å². The molecule has 0 N–H and O–H groups in total. The van der Waals surface area contributed by atoms with Gasteiger partial charge < -0.3 is 9.80 Å². The van der Waals surface area contributed by atoms with Crippen molar-refractivity contribution in [1.82, 2.24) is 4.98 Å². The van der Waals surface area contributed by atoms with Gasteiger partial charge in [-0.25, -0.2) is 4.98 Å². The molecule has 0 atom stereocenters. The molecule has 0 saturated carbocycles. The van der Waals surface area contributed by atoms with Gasteiger partial charge in [0.05, 0.1) is 10.2 Å². The Morgan fingerprint density at radius 1 is 0.958 bits per heavy atom. The summed E-state index contributed by atoms with van der Waals surface area (Å²) in [5, 5.41) is 1.14. The molecule has 1 aliphatic heterocycles. The van der Waals surface area contributed by atoms with Crippen LogP contribution < -0.4 is 9.80 Å². The van der Waals surface area contributed by atoms with Crippen LogP contribution in [0.4, 0.5) is 10.8 Å². The number of aryl methyl sites for hydroxylation is 2. The number of hydrogen-bond acceptors (Lipinski definition) is 4. The molecule has 1 aromatic heterocycles. The van der Waals surface area contributed by atoms with Gasteiger partial charge in [0.15, 0.2) is 5.13 Å². The van der Waals surface area contributed by atoms with Crippen molar-refractivity contribution in [3.05, 3.63) is 52.0 Å². The first kappa shape index (κ1) is 15.9. The Kier molecular flexibility index (Phi) is 4.22. The molecule has 0 bridgehead atoms. The summed E-state index contributed by atoms with van der Waals surface area (Å²) in [7, 11) is 0. The van der Waals surface area contributed by atoms with Crippen LogP contribution >= 0.6 is 27.3 Å². The second-order valence-electron chi connectivity index (χ2n) is 6.37. The van der Waals surface area contributed by atoms with E-state index in [1.54, 1.807) is 11.3 Å². The Morgan fingerprint density at radius 3 is 2.50 bits per heavy atom. The number of nitrogens with zero attached hydrogens (tertiary/aromatic N) is 3. The summed E-state index contributed by atoms with van der Waals surface area (Å²) in [6, 6.07) is 13.0. The summed E-state index contributed by atoms with van der Waals surface area (Å²) in [5.74, 6) is 0. The van der Waals surface area contributed by atoms with Crippen LogP contribution in [0.15, 0.2) is 40.9 Å². The summed E-state index contributed by atoms with van der Waals surface area (Å²) in [4.78, 5) is 9.73. The molecule has 24 heavy (non-hydrogen) atoms. The average molecular weight is 402 g/mol. The lowest BCUT2D eigenvalue weighted by Crippen LogP contribution is -2.46. The molecular formula is C19H20BrN3S. The molecule has 3 aromatic rings. The van der Waals surface area contributed by atoms with Crippen molar-refractivity contribution in [1.29, 1.82) is 0 Å². The minimum absolute atomic E-state index is 1.02. The first-order valence-corrected chi connectivity index (χ1v) is 9.84. The predicted molar refractivity (Wildman–Crippen MR) is 108 cm³/mol.